The Kier molecular flexibility index (Phi) is 2.45. The average Bonchev–Trinajstić information content (AvgIpc) is 2.55. The van der Waals surface area contributed by atoms with Crippen LogP contribution in [-0.4, -0.2) is 17.5 Å². The van der Waals surface area contributed by atoms with Crippen molar-refractivity contribution in [3.63, 3.8) is 0 Å². The maximum atomic E-state index is 11.9. The maximum absolute atomic E-state index is 11.9. The van der Waals surface area contributed by atoms with Gasteiger partial charge in [0.05, 0.1) is 11.7 Å². The van der Waals surface area contributed by atoms with Gasteiger partial charge < -0.3 is 4.74 Å². The number of carbonyl (C=O) groups is 1. The van der Waals surface area contributed by atoms with Crippen LogP contribution < -0.4 is 0 Å². The number of ketones is 1. The molecular weight excluding hydrogens is 188 g/mol. The van der Waals surface area contributed by atoms with Crippen molar-refractivity contribution >= 4 is 5.78 Å². The van der Waals surface area contributed by atoms with E-state index < -0.39 is 0 Å². The van der Waals surface area contributed by atoms with E-state index in [1.54, 1.807) is 0 Å². The minimum Gasteiger partial charge on any atom is -0.371 e. The molecule has 1 saturated carbocycles. The van der Waals surface area contributed by atoms with Crippen LogP contribution in [0.2, 0.25) is 0 Å². The van der Waals surface area contributed by atoms with Gasteiger partial charge in [-0.1, -0.05) is 20.8 Å². The minimum atomic E-state index is -0.179. The molecule has 0 aromatic heterocycles. The summed E-state index contributed by atoms with van der Waals surface area (Å²) in [5.74, 6) is 0.467. The van der Waals surface area contributed by atoms with Crippen LogP contribution in [0.4, 0.5) is 0 Å². The Morgan fingerprint density at radius 3 is 2.47 bits per heavy atom. The van der Waals surface area contributed by atoms with E-state index in [1.807, 2.05) is 0 Å². The lowest BCUT2D eigenvalue weighted by atomic mass is 9.59. The highest BCUT2D eigenvalue weighted by molar-refractivity contribution is 5.83. The molecule has 1 saturated heterocycles. The normalized spacial score (nSPS) is 44.9. The van der Waals surface area contributed by atoms with E-state index in [4.69, 9.17) is 4.74 Å². The SMILES string of the molecule is CC1CCC2(O1)C(C)C(=O)CCC2(C)C. The molecule has 86 valence electrons. The van der Waals surface area contributed by atoms with Crippen LogP contribution in [0.5, 0.6) is 0 Å². The molecule has 1 aliphatic heterocycles. The lowest BCUT2D eigenvalue weighted by Gasteiger charge is -2.50. The van der Waals surface area contributed by atoms with Crippen LogP contribution >= 0.6 is 0 Å². The lowest BCUT2D eigenvalue weighted by molar-refractivity contribution is -0.173. The van der Waals surface area contributed by atoms with Crippen molar-refractivity contribution in [1.82, 2.24) is 0 Å². The number of rotatable bonds is 0. The Morgan fingerprint density at radius 1 is 1.27 bits per heavy atom. The smallest absolute Gasteiger partial charge is 0.138 e. The van der Waals surface area contributed by atoms with Crippen molar-refractivity contribution in [2.45, 2.75) is 65.1 Å². The standard InChI is InChI=1S/C13H22O2/c1-9-5-8-13(15-9)10(2)11(14)6-7-12(13,3)4/h9-10H,5-8H2,1-4H3. The van der Waals surface area contributed by atoms with Crippen LogP contribution in [0, 0.1) is 11.3 Å². The molecule has 2 heteroatoms. The summed E-state index contributed by atoms with van der Waals surface area (Å²) < 4.78 is 6.17. The maximum Gasteiger partial charge on any atom is 0.138 e. The van der Waals surface area contributed by atoms with Gasteiger partial charge in [0.15, 0.2) is 0 Å². The largest absolute Gasteiger partial charge is 0.371 e. The summed E-state index contributed by atoms with van der Waals surface area (Å²) in [6.45, 7) is 8.69. The Hall–Kier alpha value is -0.370. The first-order valence-corrected chi connectivity index (χ1v) is 6.09. The van der Waals surface area contributed by atoms with Crippen molar-refractivity contribution in [1.29, 1.82) is 0 Å². The van der Waals surface area contributed by atoms with Gasteiger partial charge in [-0.2, -0.15) is 0 Å². The first-order valence-electron chi connectivity index (χ1n) is 6.09. The van der Waals surface area contributed by atoms with Crippen LogP contribution in [0.25, 0.3) is 0 Å². The molecule has 0 aromatic carbocycles. The number of carbonyl (C=O) groups excluding carboxylic acids is 1. The molecule has 0 amide bonds. The van der Waals surface area contributed by atoms with Crippen molar-refractivity contribution in [2.24, 2.45) is 11.3 Å². The molecule has 2 aliphatic rings. The first-order chi connectivity index (χ1) is 6.89. The second kappa shape index (κ2) is 3.31. The van der Waals surface area contributed by atoms with Gasteiger partial charge in [-0.25, -0.2) is 0 Å². The Balaban J connectivity index is 2.35. The summed E-state index contributed by atoms with van der Waals surface area (Å²) in [5, 5.41) is 0. The van der Waals surface area contributed by atoms with Gasteiger partial charge in [0.25, 0.3) is 0 Å². The second-order valence-corrected chi connectivity index (χ2v) is 5.93. The van der Waals surface area contributed by atoms with Gasteiger partial charge in [-0.05, 0) is 31.6 Å². The molecule has 2 rings (SSSR count). The van der Waals surface area contributed by atoms with Gasteiger partial charge in [-0.3, -0.25) is 4.79 Å². The van der Waals surface area contributed by atoms with Crippen LogP contribution in [0.3, 0.4) is 0 Å². The molecule has 15 heavy (non-hydrogen) atoms. The highest BCUT2D eigenvalue weighted by Crippen LogP contribution is 2.54. The Morgan fingerprint density at radius 2 is 1.93 bits per heavy atom. The van der Waals surface area contributed by atoms with Gasteiger partial charge in [0.1, 0.15) is 5.78 Å². The topological polar surface area (TPSA) is 26.3 Å². The van der Waals surface area contributed by atoms with Crippen molar-refractivity contribution in [3.05, 3.63) is 0 Å². The highest BCUT2D eigenvalue weighted by atomic mass is 16.5. The third-order valence-corrected chi connectivity index (χ3v) is 4.66. The fourth-order valence-electron chi connectivity index (χ4n) is 3.42. The lowest BCUT2D eigenvalue weighted by Crippen LogP contribution is -2.55. The number of hydrogen-bond acceptors (Lipinski definition) is 2. The summed E-state index contributed by atoms with van der Waals surface area (Å²) in [6, 6.07) is 0. The fourth-order valence-corrected chi connectivity index (χ4v) is 3.42. The molecule has 0 bridgehead atoms. The molecule has 0 radical (unpaired) electrons. The average molecular weight is 210 g/mol. The highest BCUT2D eigenvalue weighted by Gasteiger charge is 2.57. The molecule has 1 heterocycles. The van der Waals surface area contributed by atoms with E-state index >= 15 is 0 Å². The van der Waals surface area contributed by atoms with Gasteiger partial charge in [0.2, 0.25) is 0 Å². The van der Waals surface area contributed by atoms with E-state index in [2.05, 4.69) is 27.7 Å². The van der Waals surface area contributed by atoms with Gasteiger partial charge >= 0.3 is 0 Å². The van der Waals surface area contributed by atoms with E-state index in [0.717, 1.165) is 25.7 Å². The van der Waals surface area contributed by atoms with E-state index in [1.165, 1.54) is 0 Å². The fraction of sp³-hybridized carbons (Fsp3) is 0.923. The Labute approximate surface area is 92.4 Å². The molecule has 1 spiro atoms. The molecule has 1 aliphatic carbocycles. The molecule has 2 nitrogen and oxygen atoms in total. The predicted octanol–water partition coefficient (Wildman–Crippen LogP) is 2.95. The van der Waals surface area contributed by atoms with Crippen LogP contribution in [0.15, 0.2) is 0 Å². The molecule has 0 N–H and O–H groups in total. The molecule has 0 aromatic rings. The second-order valence-electron chi connectivity index (χ2n) is 5.93. The minimum absolute atomic E-state index is 0.0752. The predicted molar refractivity (Wildman–Crippen MR) is 59.7 cm³/mol. The van der Waals surface area contributed by atoms with E-state index in [0.29, 0.717) is 11.9 Å². The number of ether oxygens (including phenoxy) is 1. The zero-order chi connectivity index (χ0) is 11.3. The Bertz CT molecular complexity index is 282. The van der Waals surface area contributed by atoms with Crippen molar-refractivity contribution < 1.29 is 9.53 Å². The van der Waals surface area contributed by atoms with E-state index in [9.17, 15) is 4.79 Å². The monoisotopic (exact) mass is 210 g/mol. The van der Waals surface area contributed by atoms with Gasteiger partial charge in [-0.15, -0.1) is 0 Å². The van der Waals surface area contributed by atoms with Crippen molar-refractivity contribution in [2.75, 3.05) is 0 Å². The molecular formula is C13H22O2. The third-order valence-electron chi connectivity index (χ3n) is 4.66. The summed E-state index contributed by atoms with van der Waals surface area (Å²) in [6.07, 6.45) is 4.17. The molecule has 2 fully saturated rings. The van der Waals surface area contributed by atoms with Crippen LogP contribution in [0.1, 0.15) is 53.4 Å². The summed E-state index contributed by atoms with van der Waals surface area (Å²) in [4.78, 5) is 11.9. The van der Waals surface area contributed by atoms with Crippen molar-refractivity contribution in [3.8, 4) is 0 Å². The molecule has 3 atom stereocenters. The quantitative estimate of drug-likeness (QED) is 0.614. The molecule has 3 unspecified atom stereocenters. The van der Waals surface area contributed by atoms with Crippen LogP contribution in [-0.2, 0) is 9.53 Å². The zero-order valence-electron chi connectivity index (χ0n) is 10.3. The number of Topliss-reactive ketones (excluding diaryl/α,β-unsaturated/α-hetero) is 1. The summed E-state index contributed by atoms with van der Waals surface area (Å²) >= 11 is 0. The summed E-state index contributed by atoms with van der Waals surface area (Å²) in [5.41, 5.74) is -0.0349. The zero-order valence-corrected chi connectivity index (χ0v) is 10.3. The van der Waals surface area contributed by atoms with E-state index in [-0.39, 0.29) is 16.9 Å². The van der Waals surface area contributed by atoms with Gasteiger partial charge in [0, 0.05) is 12.3 Å². The number of hydrogen-bond donors (Lipinski definition) is 0. The summed E-state index contributed by atoms with van der Waals surface area (Å²) in [7, 11) is 0. The third kappa shape index (κ3) is 1.45. The first kappa shape index (κ1) is 11.1.